The molecule has 0 radical (unpaired) electrons. The van der Waals surface area contributed by atoms with Gasteiger partial charge in [0.05, 0.1) is 11.5 Å². The maximum atomic E-state index is 9.56. The van der Waals surface area contributed by atoms with E-state index in [-0.39, 0.29) is 11.5 Å². The Bertz CT molecular complexity index is 331. The van der Waals surface area contributed by atoms with Gasteiger partial charge in [-0.05, 0) is 13.8 Å². The molecule has 1 heterocycles. The second kappa shape index (κ2) is 10.6. The van der Waals surface area contributed by atoms with Crippen LogP contribution in [0.2, 0.25) is 0 Å². The summed E-state index contributed by atoms with van der Waals surface area (Å²) in [5.41, 5.74) is 0. The molecule has 4 N–H and O–H groups in total. The molecule has 8 nitrogen and oxygen atoms in total. The van der Waals surface area contributed by atoms with E-state index in [1.54, 1.807) is 0 Å². The summed E-state index contributed by atoms with van der Waals surface area (Å²) in [6.07, 6.45) is 0. The van der Waals surface area contributed by atoms with Gasteiger partial charge in [-0.15, -0.1) is 0 Å². The van der Waals surface area contributed by atoms with Crippen LogP contribution in [0.3, 0.4) is 0 Å². The van der Waals surface area contributed by atoms with Gasteiger partial charge in [-0.1, -0.05) is 0 Å². The van der Waals surface area contributed by atoms with Gasteiger partial charge in [-0.3, -0.25) is 9.11 Å². The van der Waals surface area contributed by atoms with Gasteiger partial charge in [-0.2, -0.15) is 16.8 Å². The Balaban J connectivity index is 0. The van der Waals surface area contributed by atoms with Gasteiger partial charge in [0.25, 0.3) is 20.2 Å². The van der Waals surface area contributed by atoms with Crippen LogP contribution in [0, 0.1) is 0 Å². The van der Waals surface area contributed by atoms with Crippen molar-refractivity contribution in [2.75, 3.05) is 37.7 Å². The minimum absolute atomic E-state index is 0.201. The lowest BCUT2D eigenvalue weighted by Crippen LogP contribution is -2.39. The first kappa shape index (κ1) is 20.1. The summed E-state index contributed by atoms with van der Waals surface area (Å²) in [5.74, 6) is -0.403. The highest BCUT2D eigenvalue weighted by atomic mass is 32.2. The highest BCUT2D eigenvalue weighted by Gasteiger charge is 1.94. The van der Waals surface area contributed by atoms with Crippen LogP contribution >= 0.6 is 0 Å². The van der Waals surface area contributed by atoms with Crippen LogP contribution in [0.4, 0.5) is 0 Å². The van der Waals surface area contributed by atoms with Gasteiger partial charge in [-0.25, -0.2) is 0 Å². The Morgan fingerprint density at radius 1 is 0.778 bits per heavy atom. The van der Waals surface area contributed by atoms with Crippen LogP contribution in [-0.4, -0.2) is 63.6 Å². The Hall–Kier alpha value is -0.260. The van der Waals surface area contributed by atoms with Crippen LogP contribution in [0.15, 0.2) is 0 Å². The monoisotopic (exact) mass is 306 g/mol. The van der Waals surface area contributed by atoms with Gasteiger partial charge >= 0.3 is 0 Å². The molecule has 1 fully saturated rings. The molecule has 0 aromatic carbocycles. The van der Waals surface area contributed by atoms with E-state index in [1.165, 1.54) is 13.8 Å². The van der Waals surface area contributed by atoms with Gasteiger partial charge in [0.2, 0.25) is 0 Å². The van der Waals surface area contributed by atoms with Gasteiger partial charge in [0.15, 0.2) is 0 Å². The molecule has 0 amide bonds. The molecule has 0 aliphatic carbocycles. The molecule has 0 bridgehead atoms. The van der Waals surface area contributed by atoms with Gasteiger partial charge in [0.1, 0.15) is 0 Å². The first-order valence-electron chi connectivity index (χ1n) is 5.44. The molecule has 18 heavy (non-hydrogen) atoms. The second-order valence-corrected chi connectivity index (χ2v) is 6.72. The van der Waals surface area contributed by atoms with Crippen LogP contribution < -0.4 is 10.6 Å². The summed E-state index contributed by atoms with van der Waals surface area (Å²) >= 11 is 0. The summed E-state index contributed by atoms with van der Waals surface area (Å²) in [7, 11) is -7.32. The third kappa shape index (κ3) is 24.8. The molecule has 0 aromatic rings. The number of nitrogens with one attached hydrogen (secondary N) is 2. The molecule has 0 unspecified atom stereocenters. The Morgan fingerprint density at radius 2 is 0.944 bits per heavy atom. The van der Waals surface area contributed by atoms with E-state index in [2.05, 4.69) is 10.6 Å². The quantitative estimate of drug-likeness (QED) is 0.476. The van der Waals surface area contributed by atoms with Crippen LogP contribution in [0.1, 0.15) is 13.8 Å². The van der Waals surface area contributed by atoms with Crippen molar-refractivity contribution in [1.82, 2.24) is 10.6 Å². The zero-order chi connectivity index (χ0) is 14.7. The highest BCUT2D eigenvalue weighted by molar-refractivity contribution is 7.85. The van der Waals surface area contributed by atoms with Gasteiger partial charge < -0.3 is 10.6 Å². The molecule has 1 aliphatic heterocycles. The SMILES string of the molecule is C1CNCCN1.CCS(=O)(=O)O.CCS(=O)(=O)O. The number of rotatable bonds is 2. The molecule has 0 spiro atoms. The summed E-state index contributed by atoms with van der Waals surface area (Å²) in [5, 5.41) is 6.44. The van der Waals surface area contributed by atoms with Crippen molar-refractivity contribution in [2.45, 2.75) is 13.8 Å². The number of hydrogen-bond acceptors (Lipinski definition) is 6. The molecule has 0 aromatic heterocycles. The maximum absolute atomic E-state index is 9.56. The molecule has 1 aliphatic rings. The normalized spacial score (nSPS) is 15.8. The lowest BCUT2D eigenvalue weighted by Gasteiger charge is -2.11. The summed E-state index contributed by atoms with van der Waals surface area (Å²) in [6, 6.07) is 0. The largest absolute Gasteiger partial charge is 0.314 e. The zero-order valence-corrected chi connectivity index (χ0v) is 12.2. The first-order valence-corrected chi connectivity index (χ1v) is 8.66. The smallest absolute Gasteiger partial charge is 0.264 e. The van der Waals surface area contributed by atoms with E-state index in [9.17, 15) is 16.8 Å². The average Bonchev–Trinajstić information content (AvgIpc) is 2.31. The highest BCUT2D eigenvalue weighted by Crippen LogP contribution is 1.74. The summed E-state index contributed by atoms with van der Waals surface area (Å²) in [6.45, 7) is 7.30. The minimum Gasteiger partial charge on any atom is -0.314 e. The van der Waals surface area contributed by atoms with Crippen molar-refractivity contribution in [3.8, 4) is 0 Å². The Labute approximate surface area is 109 Å². The van der Waals surface area contributed by atoms with E-state index in [0.29, 0.717) is 0 Å². The second-order valence-electron chi connectivity index (χ2n) is 3.24. The Morgan fingerprint density at radius 3 is 1.00 bits per heavy atom. The van der Waals surface area contributed by atoms with Crippen LogP contribution in [0.25, 0.3) is 0 Å². The number of hydrogen-bond donors (Lipinski definition) is 4. The molecule has 1 saturated heterocycles. The standard InChI is InChI=1S/C4H10N2.2C2H6O3S/c1-2-6-4-3-5-1;2*1-2-6(3,4)5/h5-6H,1-4H2;2*2H2,1H3,(H,3,4,5). The van der Waals surface area contributed by atoms with Crippen molar-refractivity contribution in [3.05, 3.63) is 0 Å². The van der Waals surface area contributed by atoms with Crippen molar-refractivity contribution in [2.24, 2.45) is 0 Å². The third-order valence-corrected chi connectivity index (χ3v) is 3.15. The summed E-state index contributed by atoms with van der Waals surface area (Å²) in [4.78, 5) is 0. The lowest BCUT2D eigenvalue weighted by molar-refractivity contribution is 0.482. The average molecular weight is 306 g/mol. The van der Waals surface area contributed by atoms with Crippen molar-refractivity contribution in [1.29, 1.82) is 0 Å². The van der Waals surface area contributed by atoms with E-state index in [1.807, 2.05) is 0 Å². The fourth-order valence-corrected chi connectivity index (χ4v) is 0.604. The molecule has 1 rings (SSSR count). The van der Waals surface area contributed by atoms with E-state index < -0.39 is 20.2 Å². The molecule has 0 saturated carbocycles. The van der Waals surface area contributed by atoms with Gasteiger partial charge in [0, 0.05) is 26.2 Å². The third-order valence-electron chi connectivity index (χ3n) is 1.69. The van der Waals surface area contributed by atoms with Crippen molar-refractivity contribution >= 4 is 20.2 Å². The number of piperazine rings is 1. The van der Waals surface area contributed by atoms with E-state index in [0.717, 1.165) is 26.2 Å². The van der Waals surface area contributed by atoms with Crippen molar-refractivity contribution < 1.29 is 25.9 Å². The predicted molar refractivity (Wildman–Crippen MR) is 69.9 cm³/mol. The fraction of sp³-hybridized carbons (Fsp3) is 1.00. The molecule has 10 heteroatoms. The fourth-order valence-electron chi connectivity index (χ4n) is 0.604. The van der Waals surface area contributed by atoms with Crippen molar-refractivity contribution in [3.63, 3.8) is 0 Å². The summed E-state index contributed by atoms with van der Waals surface area (Å²) < 4.78 is 53.8. The van der Waals surface area contributed by atoms with E-state index in [4.69, 9.17) is 9.11 Å². The lowest BCUT2D eigenvalue weighted by atomic mass is 10.4. The minimum atomic E-state index is -3.66. The molecular weight excluding hydrogens is 284 g/mol. The first-order chi connectivity index (χ1) is 8.12. The topological polar surface area (TPSA) is 133 Å². The Kier molecular flexibility index (Phi) is 11.9. The van der Waals surface area contributed by atoms with Crippen LogP contribution in [0.5, 0.6) is 0 Å². The maximum Gasteiger partial charge on any atom is 0.264 e. The van der Waals surface area contributed by atoms with Crippen LogP contribution in [-0.2, 0) is 20.2 Å². The molecule has 112 valence electrons. The molecular formula is C8H22N2O6S2. The van der Waals surface area contributed by atoms with E-state index >= 15 is 0 Å². The molecule has 0 atom stereocenters. The predicted octanol–water partition coefficient (Wildman–Crippen LogP) is -1.03. The zero-order valence-electron chi connectivity index (χ0n) is 10.6.